The maximum Gasteiger partial charge on any atom is 0.277 e. The summed E-state index contributed by atoms with van der Waals surface area (Å²) in [6.45, 7) is 4.33. The summed E-state index contributed by atoms with van der Waals surface area (Å²) in [5, 5.41) is 9.34. The average molecular weight is 390 g/mol. The molecule has 0 unspecified atom stereocenters. The van der Waals surface area contributed by atoms with E-state index in [4.69, 9.17) is 4.42 Å². The van der Waals surface area contributed by atoms with Crippen LogP contribution in [0.5, 0.6) is 0 Å². The molecule has 1 saturated heterocycles. The number of carbonyl (C=O) groups excluding carboxylic acids is 1. The Labute approximate surface area is 166 Å². The minimum absolute atomic E-state index is 0.139. The molecule has 0 aromatic carbocycles. The Balaban J connectivity index is 1.25. The Hall–Kier alpha value is -1.04. The molecule has 0 N–H and O–H groups in total. The molecule has 1 amide bonds. The van der Waals surface area contributed by atoms with Crippen LogP contribution < -0.4 is 0 Å². The zero-order valence-electron chi connectivity index (χ0n) is 16.5. The van der Waals surface area contributed by atoms with Crippen molar-refractivity contribution >= 4 is 17.7 Å². The van der Waals surface area contributed by atoms with Gasteiger partial charge in [-0.2, -0.15) is 0 Å². The Morgan fingerprint density at radius 1 is 1.07 bits per heavy atom. The van der Waals surface area contributed by atoms with Gasteiger partial charge in [0.05, 0.1) is 5.75 Å². The van der Waals surface area contributed by atoms with Crippen molar-refractivity contribution in [1.82, 2.24) is 15.1 Å². The number of carbonyl (C=O) groups is 1. The lowest BCUT2D eigenvalue weighted by atomic mass is 9.49. The molecule has 4 bridgehead atoms. The van der Waals surface area contributed by atoms with Crippen molar-refractivity contribution in [2.45, 2.75) is 94.4 Å². The van der Waals surface area contributed by atoms with E-state index in [2.05, 4.69) is 28.9 Å². The molecule has 6 rings (SSSR count). The van der Waals surface area contributed by atoms with Crippen LogP contribution in [-0.4, -0.2) is 38.8 Å². The van der Waals surface area contributed by atoms with Gasteiger partial charge in [0.15, 0.2) is 0 Å². The van der Waals surface area contributed by atoms with Crippen LogP contribution in [0, 0.1) is 17.8 Å². The van der Waals surface area contributed by atoms with Crippen LogP contribution in [0.2, 0.25) is 0 Å². The molecule has 148 valence electrons. The van der Waals surface area contributed by atoms with Crippen molar-refractivity contribution < 1.29 is 9.21 Å². The summed E-state index contributed by atoms with van der Waals surface area (Å²) in [6.07, 6.45) is 11.4. The maximum absolute atomic E-state index is 12.7. The number of nitrogens with zero attached hydrogens (tertiary/aromatic N) is 3. The molecule has 1 aliphatic heterocycles. The number of hydrogen-bond acceptors (Lipinski definition) is 5. The molecular weight excluding hydrogens is 358 g/mol. The highest BCUT2D eigenvalue weighted by Gasteiger charge is 2.54. The van der Waals surface area contributed by atoms with E-state index in [9.17, 15) is 4.79 Å². The molecule has 4 aliphatic carbocycles. The number of amides is 1. The van der Waals surface area contributed by atoms with Gasteiger partial charge in [-0.05, 0) is 89.4 Å². The fourth-order valence-corrected chi connectivity index (χ4v) is 7.60. The van der Waals surface area contributed by atoms with E-state index < -0.39 is 0 Å². The first-order chi connectivity index (χ1) is 13.0. The van der Waals surface area contributed by atoms with Gasteiger partial charge in [-0.1, -0.05) is 11.8 Å². The highest BCUT2D eigenvalue weighted by Crippen LogP contribution is 2.60. The average Bonchev–Trinajstić information content (AvgIpc) is 3.08. The van der Waals surface area contributed by atoms with E-state index in [1.54, 1.807) is 0 Å². The lowest BCUT2D eigenvalue weighted by Crippen LogP contribution is -2.48. The van der Waals surface area contributed by atoms with E-state index >= 15 is 0 Å². The molecule has 1 aromatic rings. The molecule has 4 saturated carbocycles. The highest BCUT2D eigenvalue weighted by atomic mass is 32.2. The van der Waals surface area contributed by atoms with Crippen molar-refractivity contribution in [1.29, 1.82) is 0 Å². The summed E-state index contributed by atoms with van der Waals surface area (Å²) in [5.74, 6) is 4.05. The smallest absolute Gasteiger partial charge is 0.277 e. The fraction of sp³-hybridized carbons (Fsp3) is 0.857. The van der Waals surface area contributed by atoms with Gasteiger partial charge in [-0.15, -0.1) is 10.2 Å². The number of likely N-dealkylation sites (tertiary alicyclic amines) is 1. The Morgan fingerprint density at radius 2 is 1.67 bits per heavy atom. The third kappa shape index (κ3) is 3.22. The first-order valence-corrected chi connectivity index (χ1v) is 11.8. The highest BCUT2D eigenvalue weighted by molar-refractivity contribution is 7.99. The number of piperidine rings is 1. The Morgan fingerprint density at radius 3 is 2.26 bits per heavy atom. The van der Waals surface area contributed by atoms with Crippen molar-refractivity contribution in [3.8, 4) is 0 Å². The van der Waals surface area contributed by atoms with E-state index in [0.717, 1.165) is 36.5 Å². The van der Waals surface area contributed by atoms with Crippen LogP contribution in [0.25, 0.3) is 0 Å². The van der Waals surface area contributed by atoms with Gasteiger partial charge in [-0.25, -0.2) is 0 Å². The molecule has 0 radical (unpaired) electrons. The normalized spacial score (nSPS) is 40.5. The molecule has 1 aromatic heterocycles. The summed E-state index contributed by atoms with van der Waals surface area (Å²) < 4.78 is 6.13. The predicted octanol–water partition coefficient (Wildman–Crippen LogP) is 4.42. The zero-order valence-corrected chi connectivity index (χ0v) is 17.3. The van der Waals surface area contributed by atoms with E-state index in [1.165, 1.54) is 56.7 Å². The van der Waals surface area contributed by atoms with Crippen molar-refractivity contribution in [3.05, 3.63) is 5.89 Å². The van der Waals surface area contributed by atoms with Gasteiger partial charge in [0.25, 0.3) is 5.22 Å². The summed E-state index contributed by atoms with van der Waals surface area (Å²) in [5.41, 5.74) is 0.139. The molecule has 0 spiro atoms. The lowest BCUT2D eigenvalue weighted by Gasteiger charge is -2.55. The van der Waals surface area contributed by atoms with Crippen LogP contribution in [0.1, 0.15) is 77.5 Å². The van der Waals surface area contributed by atoms with Gasteiger partial charge >= 0.3 is 0 Å². The van der Waals surface area contributed by atoms with Crippen LogP contribution in [0.4, 0.5) is 0 Å². The van der Waals surface area contributed by atoms with Crippen molar-refractivity contribution in [2.24, 2.45) is 17.8 Å². The van der Waals surface area contributed by atoms with Crippen molar-refractivity contribution in [2.75, 3.05) is 5.75 Å². The molecular formula is C21H31N3O2S. The molecule has 2 atom stereocenters. The van der Waals surface area contributed by atoms with Gasteiger partial charge in [0.2, 0.25) is 11.8 Å². The third-order valence-electron chi connectivity index (χ3n) is 7.70. The number of thioether (sulfide) groups is 1. The monoisotopic (exact) mass is 389 g/mol. The van der Waals surface area contributed by atoms with Crippen LogP contribution in [-0.2, 0) is 10.2 Å². The SMILES string of the molecule is C[C@@H]1CCC[C@@H](C)N1C(=O)CSc1nnc(C23CC4CC(CC(C4)C2)C3)o1. The van der Waals surface area contributed by atoms with E-state index in [-0.39, 0.29) is 11.3 Å². The van der Waals surface area contributed by atoms with Crippen LogP contribution >= 0.6 is 11.8 Å². The van der Waals surface area contributed by atoms with Gasteiger partial charge in [0, 0.05) is 17.5 Å². The summed E-state index contributed by atoms with van der Waals surface area (Å²) in [4.78, 5) is 14.8. The van der Waals surface area contributed by atoms with Gasteiger partial charge in [-0.3, -0.25) is 4.79 Å². The molecule has 27 heavy (non-hydrogen) atoms. The third-order valence-corrected chi connectivity index (χ3v) is 8.50. The van der Waals surface area contributed by atoms with E-state index in [0.29, 0.717) is 23.1 Å². The van der Waals surface area contributed by atoms with E-state index in [1.807, 2.05) is 0 Å². The zero-order chi connectivity index (χ0) is 18.6. The second kappa shape index (κ2) is 6.78. The standard InChI is InChI=1S/C21H31N3O2S/c1-13-4-3-5-14(2)24(13)18(25)12-27-20-23-22-19(26-20)21-9-15-6-16(10-21)8-17(7-15)11-21/h13-17H,3-12H2,1-2H3/t13-,14-,15?,16?,17?,21?/m1/s1. The predicted molar refractivity (Wildman–Crippen MR) is 104 cm³/mol. The number of aromatic nitrogens is 2. The summed E-state index contributed by atoms with van der Waals surface area (Å²) in [6, 6.07) is 0.680. The molecule has 2 heterocycles. The molecule has 6 heteroatoms. The maximum atomic E-state index is 12.7. The van der Waals surface area contributed by atoms with Crippen molar-refractivity contribution in [3.63, 3.8) is 0 Å². The first kappa shape index (κ1) is 18.0. The molecule has 5 fully saturated rings. The van der Waals surface area contributed by atoms with Gasteiger partial charge in [0.1, 0.15) is 0 Å². The molecule has 5 aliphatic rings. The summed E-state index contributed by atoms with van der Waals surface area (Å²) in [7, 11) is 0. The second-order valence-corrected chi connectivity index (χ2v) is 10.7. The minimum Gasteiger partial charge on any atom is -0.415 e. The molecule has 5 nitrogen and oxygen atoms in total. The first-order valence-electron chi connectivity index (χ1n) is 10.8. The van der Waals surface area contributed by atoms with Crippen LogP contribution in [0.15, 0.2) is 9.64 Å². The minimum atomic E-state index is 0.139. The number of hydrogen-bond donors (Lipinski definition) is 0. The largest absolute Gasteiger partial charge is 0.415 e. The van der Waals surface area contributed by atoms with Gasteiger partial charge < -0.3 is 9.32 Å². The Kier molecular flexibility index (Phi) is 4.53. The quantitative estimate of drug-likeness (QED) is 0.714. The Bertz CT molecular complexity index is 673. The summed E-state index contributed by atoms with van der Waals surface area (Å²) >= 11 is 1.42. The fourth-order valence-electron chi connectivity index (χ4n) is 6.97. The number of rotatable bonds is 4. The lowest BCUT2D eigenvalue weighted by molar-refractivity contribution is -0.134. The topological polar surface area (TPSA) is 59.2 Å². The second-order valence-electron chi connectivity index (χ2n) is 9.79. The van der Waals surface area contributed by atoms with Crippen LogP contribution in [0.3, 0.4) is 0 Å².